The van der Waals surface area contributed by atoms with Gasteiger partial charge in [0.1, 0.15) is 5.82 Å². The fraction of sp³-hybridized carbons (Fsp3) is 0.562. The molecular formula is C16H21ClN4. The van der Waals surface area contributed by atoms with Crippen molar-refractivity contribution in [2.24, 2.45) is 0 Å². The summed E-state index contributed by atoms with van der Waals surface area (Å²) in [6.07, 6.45) is 2.50. The van der Waals surface area contributed by atoms with Crippen molar-refractivity contribution in [3.8, 4) is 0 Å². The molecule has 1 N–H and O–H groups in total. The van der Waals surface area contributed by atoms with Crippen molar-refractivity contribution < 1.29 is 0 Å². The number of imidazole rings is 1. The third-order valence-corrected chi connectivity index (χ3v) is 4.98. The number of para-hydroxylation sites is 1. The summed E-state index contributed by atoms with van der Waals surface area (Å²) in [7, 11) is 0. The molecule has 1 aromatic carbocycles. The van der Waals surface area contributed by atoms with E-state index in [1.165, 1.54) is 18.7 Å². The molecular weight excluding hydrogens is 284 g/mol. The average Bonchev–Trinajstić information content (AvgIpc) is 3.28. The smallest absolute Gasteiger partial charge is 0.127 e. The molecule has 1 aliphatic heterocycles. The summed E-state index contributed by atoms with van der Waals surface area (Å²) in [6.45, 7) is 6.58. The molecule has 5 heteroatoms. The highest BCUT2D eigenvalue weighted by atomic mass is 35.5. The van der Waals surface area contributed by atoms with Crippen LogP contribution in [-0.2, 0) is 0 Å². The first-order valence-corrected chi connectivity index (χ1v) is 8.24. The van der Waals surface area contributed by atoms with Crippen LogP contribution in [0.25, 0.3) is 11.0 Å². The molecule has 0 bridgehead atoms. The van der Waals surface area contributed by atoms with Gasteiger partial charge in [0.2, 0.25) is 0 Å². The maximum atomic E-state index is 6.45. The first-order chi connectivity index (χ1) is 10.3. The molecule has 1 saturated carbocycles. The Bertz CT molecular complexity index is 656. The highest BCUT2D eigenvalue weighted by molar-refractivity contribution is 6.35. The van der Waals surface area contributed by atoms with Crippen molar-refractivity contribution >= 4 is 22.6 Å². The van der Waals surface area contributed by atoms with Gasteiger partial charge in [0.15, 0.2) is 0 Å². The maximum Gasteiger partial charge on any atom is 0.127 e. The summed E-state index contributed by atoms with van der Waals surface area (Å²) in [5, 5.41) is 4.24. The van der Waals surface area contributed by atoms with Crippen molar-refractivity contribution in [2.45, 2.75) is 31.8 Å². The van der Waals surface area contributed by atoms with Crippen LogP contribution in [0.4, 0.5) is 0 Å². The van der Waals surface area contributed by atoms with E-state index < -0.39 is 0 Å². The van der Waals surface area contributed by atoms with Crippen molar-refractivity contribution in [1.82, 2.24) is 19.8 Å². The Labute approximate surface area is 130 Å². The van der Waals surface area contributed by atoms with Gasteiger partial charge in [-0.15, -0.1) is 0 Å². The summed E-state index contributed by atoms with van der Waals surface area (Å²) in [4.78, 5) is 7.44. The number of piperazine rings is 1. The Morgan fingerprint density at radius 1 is 1.29 bits per heavy atom. The van der Waals surface area contributed by atoms with Gasteiger partial charge in [-0.2, -0.15) is 0 Å². The summed E-state index contributed by atoms with van der Waals surface area (Å²) < 4.78 is 2.41. The van der Waals surface area contributed by atoms with E-state index in [-0.39, 0.29) is 0 Å². The number of nitrogens with one attached hydrogen (secondary N) is 1. The second-order valence-electron chi connectivity index (χ2n) is 6.14. The lowest BCUT2D eigenvalue weighted by molar-refractivity contribution is 0.176. The molecule has 1 saturated heterocycles. The molecule has 0 spiro atoms. The van der Waals surface area contributed by atoms with E-state index in [4.69, 9.17) is 16.6 Å². The molecule has 1 aliphatic carbocycles. The lowest BCUT2D eigenvalue weighted by Crippen LogP contribution is -2.45. The van der Waals surface area contributed by atoms with Crippen LogP contribution in [0, 0.1) is 0 Å². The predicted molar refractivity (Wildman–Crippen MR) is 85.9 cm³/mol. The van der Waals surface area contributed by atoms with Crippen LogP contribution >= 0.6 is 11.6 Å². The highest BCUT2D eigenvalue weighted by Crippen LogP contribution is 2.42. The number of nitrogens with zero attached hydrogens (tertiary/aromatic N) is 3. The van der Waals surface area contributed by atoms with E-state index in [0.29, 0.717) is 12.1 Å². The van der Waals surface area contributed by atoms with Crippen LogP contribution in [0.15, 0.2) is 18.2 Å². The number of aromatic nitrogens is 2. The van der Waals surface area contributed by atoms with Crippen LogP contribution < -0.4 is 5.32 Å². The summed E-state index contributed by atoms with van der Waals surface area (Å²) in [5.41, 5.74) is 2.16. The molecule has 21 heavy (non-hydrogen) atoms. The number of rotatable bonds is 3. The number of hydrogen-bond donors (Lipinski definition) is 1. The second-order valence-corrected chi connectivity index (χ2v) is 6.55. The van der Waals surface area contributed by atoms with Crippen molar-refractivity contribution in [1.29, 1.82) is 0 Å². The topological polar surface area (TPSA) is 33.1 Å². The van der Waals surface area contributed by atoms with E-state index in [1.807, 2.05) is 12.1 Å². The van der Waals surface area contributed by atoms with Gasteiger partial charge >= 0.3 is 0 Å². The van der Waals surface area contributed by atoms with Crippen molar-refractivity contribution in [3.63, 3.8) is 0 Å². The Hall–Kier alpha value is -1.10. The normalized spacial score (nSPS) is 21.8. The summed E-state index contributed by atoms with van der Waals surface area (Å²) in [5.74, 6) is 1.18. The minimum atomic E-state index is 0.344. The van der Waals surface area contributed by atoms with Crippen LogP contribution in [0.5, 0.6) is 0 Å². The quantitative estimate of drug-likeness (QED) is 0.946. The molecule has 2 aliphatic rings. The average molecular weight is 305 g/mol. The number of hydrogen-bond acceptors (Lipinski definition) is 3. The van der Waals surface area contributed by atoms with Gasteiger partial charge in [-0.05, 0) is 31.9 Å². The monoisotopic (exact) mass is 304 g/mol. The third-order valence-electron chi connectivity index (χ3n) is 4.67. The molecule has 4 rings (SSSR count). The molecule has 1 aromatic heterocycles. The lowest BCUT2D eigenvalue weighted by Gasteiger charge is -2.32. The van der Waals surface area contributed by atoms with Gasteiger partial charge in [0.05, 0.1) is 22.1 Å². The zero-order valence-corrected chi connectivity index (χ0v) is 13.1. The molecule has 4 nitrogen and oxygen atoms in total. The first kappa shape index (κ1) is 13.6. The van der Waals surface area contributed by atoms with E-state index in [2.05, 4.69) is 27.8 Å². The van der Waals surface area contributed by atoms with E-state index in [0.717, 1.165) is 42.2 Å². The molecule has 2 fully saturated rings. The SMILES string of the molecule is CC(c1nc2cccc(Cl)c2n1C1CC1)N1CCNCC1. The fourth-order valence-electron chi connectivity index (χ4n) is 3.35. The number of fused-ring (bicyclic) bond motifs is 1. The van der Waals surface area contributed by atoms with Gasteiger partial charge in [0, 0.05) is 32.2 Å². The fourth-order valence-corrected chi connectivity index (χ4v) is 3.61. The molecule has 1 atom stereocenters. The summed E-state index contributed by atoms with van der Waals surface area (Å²) in [6, 6.07) is 6.98. The minimum absolute atomic E-state index is 0.344. The zero-order valence-electron chi connectivity index (χ0n) is 12.3. The van der Waals surface area contributed by atoms with E-state index in [1.54, 1.807) is 0 Å². The molecule has 0 amide bonds. The Morgan fingerprint density at radius 3 is 2.76 bits per heavy atom. The Balaban J connectivity index is 1.80. The van der Waals surface area contributed by atoms with Crippen molar-refractivity contribution in [3.05, 3.63) is 29.0 Å². The lowest BCUT2D eigenvalue weighted by atomic mass is 10.2. The molecule has 112 valence electrons. The number of halogens is 1. The summed E-state index contributed by atoms with van der Waals surface area (Å²) >= 11 is 6.45. The second kappa shape index (κ2) is 5.27. The predicted octanol–water partition coefficient (Wildman–Crippen LogP) is 2.99. The van der Waals surface area contributed by atoms with Gasteiger partial charge in [-0.3, -0.25) is 4.90 Å². The largest absolute Gasteiger partial charge is 0.322 e. The molecule has 2 heterocycles. The van der Waals surface area contributed by atoms with E-state index in [9.17, 15) is 0 Å². The zero-order chi connectivity index (χ0) is 14.4. The van der Waals surface area contributed by atoms with Crippen LogP contribution in [-0.4, -0.2) is 40.6 Å². The highest BCUT2D eigenvalue weighted by Gasteiger charge is 2.32. The van der Waals surface area contributed by atoms with Gasteiger partial charge in [0.25, 0.3) is 0 Å². The van der Waals surface area contributed by atoms with Crippen LogP contribution in [0.3, 0.4) is 0 Å². The van der Waals surface area contributed by atoms with E-state index >= 15 is 0 Å². The first-order valence-electron chi connectivity index (χ1n) is 7.87. The minimum Gasteiger partial charge on any atom is -0.322 e. The van der Waals surface area contributed by atoms with Gasteiger partial charge < -0.3 is 9.88 Å². The third kappa shape index (κ3) is 2.35. The molecule has 2 aromatic rings. The maximum absolute atomic E-state index is 6.45. The standard InChI is InChI=1S/C16H21ClN4/c1-11(20-9-7-18-8-10-20)16-19-14-4-2-3-13(17)15(14)21(16)12-5-6-12/h2-4,11-12,18H,5-10H2,1H3. The van der Waals surface area contributed by atoms with Gasteiger partial charge in [-0.1, -0.05) is 17.7 Å². The van der Waals surface area contributed by atoms with Crippen LogP contribution in [0.2, 0.25) is 5.02 Å². The van der Waals surface area contributed by atoms with Crippen molar-refractivity contribution in [2.75, 3.05) is 26.2 Å². The van der Waals surface area contributed by atoms with Gasteiger partial charge in [-0.25, -0.2) is 4.98 Å². The number of benzene rings is 1. The van der Waals surface area contributed by atoms with Crippen LogP contribution in [0.1, 0.15) is 37.7 Å². The Kier molecular flexibility index (Phi) is 3.40. The molecule has 1 unspecified atom stereocenters. The Morgan fingerprint density at radius 2 is 2.05 bits per heavy atom. The molecule has 0 radical (unpaired) electrons.